The Morgan fingerprint density at radius 1 is 1.38 bits per heavy atom. The molecule has 1 fully saturated rings. The highest BCUT2D eigenvalue weighted by molar-refractivity contribution is 5.91. The summed E-state index contributed by atoms with van der Waals surface area (Å²) in [4.78, 5) is 12.1. The summed E-state index contributed by atoms with van der Waals surface area (Å²) in [5.41, 5.74) is 0.0389. The van der Waals surface area contributed by atoms with E-state index >= 15 is 0 Å². The molecule has 0 aromatic carbocycles. The molecule has 1 nitrogen and oxygen atoms in total. The average Bonchev–Trinajstić information content (AvgIpc) is 2.72. The van der Waals surface area contributed by atoms with Crippen molar-refractivity contribution in [2.75, 3.05) is 0 Å². The highest BCUT2D eigenvalue weighted by Crippen LogP contribution is 2.58. The zero-order valence-electron chi connectivity index (χ0n) is 8.92. The molecule has 0 aromatic heterocycles. The fraction of sp³-hybridized carbons (Fsp3) is 0.750. The molecule has 0 radical (unpaired) electrons. The van der Waals surface area contributed by atoms with Crippen molar-refractivity contribution in [1.82, 2.24) is 0 Å². The number of Topliss-reactive ketones (excluding diaryl/α,β-unsaturated/α-hetero) is 1. The molecule has 3 atom stereocenters. The van der Waals surface area contributed by atoms with Gasteiger partial charge in [-0.1, -0.05) is 39.8 Å². The molecule has 0 aromatic rings. The van der Waals surface area contributed by atoms with Gasteiger partial charge in [0, 0.05) is 11.3 Å². The van der Waals surface area contributed by atoms with Crippen molar-refractivity contribution in [1.29, 1.82) is 0 Å². The van der Waals surface area contributed by atoms with Gasteiger partial charge in [-0.15, -0.1) is 0 Å². The molecule has 0 aliphatic heterocycles. The summed E-state index contributed by atoms with van der Waals surface area (Å²) in [5, 5.41) is 0. The van der Waals surface area contributed by atoms with E-state index in [1.54, 1.807) is 0 Å². The molecule has 0 N–H and O–H groups in total. The lowest BCUT2D eigenvalue weighted by molar-refractivity contribution is -0.129. The van der Waals surface area contributed by atoms with E-state index in [1.165, 1.54) is 0 Å². The minimum absolute atomic E-state index is 0.0102. The summed E-state index contributed by atoms with van der Waals surface area (Å²) in [6.45, 7) is 8.49. The van der Waals surface area contributed by atoms with Gasteiger partial charge in [-0.2, -0.15) is 0 Å². The molecule has 0 saturated heterocycles. The third kappa shape index (κ3) is 1.09. The van der Waals surface area contributed by atoms with Crippen LogP contribution in [-0.2, 0) is 4.79 Å². The maximum absolute atomic E-state index is 12.1. The minimum Gasteiger partial charge on any atom is -0.299 e. The number of carbonyl (C=O) groups is 1. The predicted octanol–water partition coefficient (Wildman–Crippen LogP) is 2.81. The Morgan fingerprint density at radius 2 is 2.00 bits per heavy atom. The standard InChI is InChI=1S/C12H18O/c1-8-10(13)12(4)7-9(12)5-6-11(8,2)3/h5-6,8-9H,7H2,1-4H3. The van der Waals surface area contributed by atoms with Crippen LogP contribution in [-0.4, -0.2) is 5.78 Å². The second-order valence-electron chi connectivity index (χ2n) is 5.49. The molecule has 1 saturated carbocycles. The predicted molar refractivity (Wildman–Crippen MR) is 53.3 cm³/mol. The van der Waals surface area contributed by atoms with Gasteiger partial charge in [0.05, 0.1) is 0 Å². The van der Waals surface area contributed by atoms with Crippen LogP contribution in [0.2, 0.25) is 0 Å². The number of allylic oxidation sites excluding steroid dienone is 2. The van der Waals surface area contributed by atoms with Gasteiger partial charge >= 0.3 is 0 Å². The van der Waals surface area contributed by atoms with Crippen LogP contribution >= 0.6 is 0 Å². The van der Waals surface area contributed by atoms with Crippen LogP contribution in [0.3, 0.4) is 0 Å². The maximum atomic E-state index is 12.1. The summed E-state index contributed by atoms with van der Waals surface area (Å²) in [6.07, 6.45) is 5.56. The first-order valence-corrected chi connectivity index (χ1v) is 5.11. The molecule has 13 heavy (non-hydrogen) atoms. The van der Waals surface area contributed by atoms with Crippen molar-refractivity contribution < 1.29 is 4.79 Å². The minimum atomic E-state index is -0.0102. The third-order valence-electron chi connectivity index (χ3n) is 4.13. The van der Waals surface area contributed by atoms with Gasteiger partial charge in [0.1, 0.15) is 5.78 Å². The summed E-state index contributed by atoms with van der Waals surface area (Å²) in [5.74, 6) is 1.16. The Labute approximate surface area is 80.2 Å². The molecule has 72 valence electrons. The number of fused-ring (bicyclic) bond motifs is 1. The fourth-order valence-electron chi connectivity index (χ4n) is 2.30. The van der Waals surface area contributed by atoms with E-state index in [4.69, 9.17) is 0 Å². The maximum Gasteiger partial charge on any atom is 0.143 e. The molecule has 2 aliphatic rings. The van der Waals surface area contributed by atoms with Gasteiger partial charge in [-0.05, 0) is 17.8 Å². The SMILES string of the molecule is CC1C(=O)C2(C)CC2C=CC1(C)C. The largest absolute Gasteiger partial charge is 0.299 e. The molecule has 0 heterocycles. The molecule has 2 aliphatic carbocycles. The fourth-order valence-corrected chi connectivity index (χ4v) is 2.30. The lowest BCUT2D eigenvalue weighted by Gasteiger charge is -2.28. The van der Waals surface area contributed by atoms with E-state index in [-0.39, 0.29) is 16.7 Å². The Balaban J connectivity index is 2.37. The van der Waals surface area contributed by atoms with Gasteiger partial charge in [-0.25, -0.2) is 0 Å². The topological polar surface area (TPSA) is 17.1 Å². The second kappa shape index (κ2) is 2.26. The molecule has 0 spiro atoms. The second-order valence-corrected chi connectivity index (χ2v) is 5.49. The Bertz CT molecular complexity index is 287. The highest BCUT2D eigenvalue weighted by Gasteiger charge is 2.58. The van der Waals surface area contributed by atoms with Crippen LogP contribution in [0.25, 0.3) is 0 Å². The molecule has 0 bridgehead atoms. The number of ketones is 1. The summed E-state index contributed by atoms with van der Waals surface area (Å²) >= 11 is 0. The van der Waals surface area contributed by atoms with E-state index in [2.05, 4.69) is 39.8 Å². The smallest absolute Gasteiger partial charge is 0.143 e. The molecule has 1 heteroatoms. The molecule has 0 amide bonds. The van der Waals surface area contributed by atoms with Crippen molar-refractivity contribution in [2.45, 2.75) is 34.1 Å². The number of hydrogen-bond acceptors (Lipinski definition) is 1. The lowest BCUT2D eigenvalue weighted by atomic mass is 9.75. The van der Waals surface area contributed by atoms with Crippen molar-refractivity contribution in [2.24, 2.45) is 22.7 Å². The molecular weight excluding hydrogens is 160 g/mol. The van der Waals surface area contributed by atoms with Crippen LogP contribution in [0.15, 0.2) is 12.2 Å². The van der Waals surface area contributed by atoms with E-state index < -0.39 is 0 Å². The first kappa shape index (κ1) is 8.98. The lowest BCUT2D eigenvalue weighted by Crippen LogP contribution is -2.30. The van der Waals surface area contributed by atoms with Crippen molar-refractivity contribution >= 4 is 5.78 Å². The van der Waals surface area contributed by atoms with Gasteiger partial charge in [0.25, 0.3) is 0 Å². The van der Waals surface area contributed by atoms with E-state index in [9.17, 15) is 4.79 Å². The van der Waals surface area contributed by atoms with Crippen LogP contribution < -0.4 is 0 Å². The first-order chi connectivity index (χ1) is 5.88. The van der Waals surface area contributed by atoms with Crippen LogP contribution in [0, 0.1) is 22.7 Å². The average molecular weight is 178 g/mol. The summed E-state index contributed by atoms with van der Waals surface area (Å²) in [7, 11) is 0. The summed E-state index contributed by atoms with van der Waals surface area (Å²) < 4.78 is 0. The number of rotatable bonds is 0. The van der Waals surface area contributed by atoms with Crippen molar-refractivity contribution in [3.05, 3.63) is 12.2 Å². The quantitative estimate of drug-likeness (QED) is 0.521. The van der Waals surface area contributed by atoms with E-state index in [0.717, 1.165) is 6.42 Å². The van der Waals surface area contributed by atoms with Gasteiger partial charge < -0.3 is 0 Å². The zero-order chi connectivity index (χ0) is 9.85. The summed E-state index contributed by atoms with van der Waals surface area (Å²) in [6, 6.07) is 0. The van der Waals surface area contributed by atoms with Crippen molar-refractivity contribution in [3.8, 4) is 0 Å². The molecule has 2 rings (SSSR count). The van der Waals surface area contributed by atoms with Crippen LogP contribution in [0.5, 0.6) is 0 Å². The van der Waals surface area contributed by atoms with Gasteiger partial charge in [0.15, 0.2) is 0 Å². The number of carbonyl (C=O) groups excluding carboxylic acids is 1. The Morgan fingerprint density at radius 3 is 2.62 bits per heavy atom. The van der Waals surface area contributed by atoms with E-state index in [0.29, 0.717) is 11.7 Å². The van der Waals surface area contributed by atoms with Crippen molar-refractivity contribution in [3.63, 3.8) is 0 Å². The van der Waals surface area contributed by atoms with E-state index in [1.807, 2.05) is 0 Å². The number of hydrogen-bond donors (Lipinski definition) is 0. The first-order valence-electron chi connectivity index (χ1n) is 5.11. The van der Waals surface area contributed by atoms with Crippen LogP contribution in [0.4, 0.5) is 0 Å². The third-order valence-corrected chi connectivity index (χ3v) is 4.13. The Hall–Kier alpha value is -0.590. The molecule has 3 unspecified atom stereocenters. The molecular formula is C12H18O. The van der Waals surface area contributed by atoms with Gasteiger partial charge in [0.2, 0.25) is 0 Å². The van der Waals surface area contributed by atoms with Gasteiger partial charge in [-0.3, -0.25) is 4.79 Å². The normalized spacial score (nSPS) is 46.9. The monoisotopic (exact) mass is 178 g/mol. The highest BCUT2D eigenvalue weighted by atomic mass is 16.1. The van der Waals surface area contributed by atoms with Crippen LogP contribution in [0.1, 0.15) is 34.1 Å². The Kier molecular flexibility index (Phi) is 1.56. The zero-order valence-corrected chi connectivity index (χ0v) is 8.92.